The predicted molar refractivity (Wildman–Crippen MR) is 106 cm³/mol. The van der Waals surface area contributed by atoms with Crippen molar-refractivity contribution in [3.8, 4) is 0 Å². The molecule has 144 valence electrons. The summed E-state index contributed by atoms with van der Waals surface area (Å²) in [5.41, 5.74) is 6.97. The van der Waals surface area contributed by atoms with Crippen molar-refractivity contribution >= 4 is 10.0 Å². The average Bonchev–Trinajstić information content (AvgIpc) is 2.53. The van der Waals surface area contributed by atoms with Crippen LogP contribution in [-0.2, 0) is 15.4 Å². The fraction of sp³-hybridized carbons (Fsp3) is 0.700. The van der Waals surface area contributed by atoms with Crippen molar-refractivity contribution < 1.29 is 8.42 Å². The van der Waals surface area contributed by atoms with Crippen LogP contribution in [0.3, 0.4) is 0 Å². The van der Waals surface area contributed by atoms with Gasteiger partial charge in [-0.25, -0.2) is 8.42 Å². The summed E-state index contributed by atoms with van der Waals surface area (Å²) in [4.78, 5) is 0.356. The topological polar surface area (TPSA) is 63.4 Å². The van der Waals surface area contributed by atoms with Crippen LogP contribution in [0.1, 0.15) is 59.9 Å². The molecular formula is C20H36N2O2S. The summed E-state index contributed by atoms with van der Waals surface area (Å²) in [6, 6.07) is 7.20. The summed E-state index contributed by atoms with van der Waals surface area (Å²) in [6.45, 7) is 13.3. The molecule has 1 rings (SSSR count). The molecule has 0 fully saturated rings. The summed E-state index contributed by atoms with van der Waals surface area (Å²) in [7, 11) is -1.80. The Hall–Kier alpha value is -0.910. The highest BCUT2D eigenvalue weighted by molar-refractivity contribution is 7.89. The zero-order valence-corrected chi connectivity index (χ0v) is 17.7. The maximum Gasteiger partial charge on any atom is 0.243 e. The van der Waals surface area contributed by atoms with Gasteiger partial charge in [-0.1, -0.05) is 46.8 Å². The van der Waals surface area contributed by atoms with Gasteiger partial charge in [0, 0.05) is 13.1 Å². The number of hydrogen-bond acceptors (Lipinski definition) is 3. The van der Waals surface area contributed by atoms with Gasteiger partial charge in [-0.15, -0.1) is 0 Å². The van der Waals surface area contributed by atoms with Gasteiger partial charge in [0.25, 0.3) is 0 Å². The van der Waals surface area contributed by atoms with Gasteiger partial charge in [0.1, 0.15) is 0 Å². The first kappa shape index (κ1) is 22.1. The third-order valence-electron chi connectivity index (χ3n) is 5.22. The minimum absolute atomic E-state index is 0.00949. The highest BCUT2D eigenvalue weighted by atomic mass is 32.2. The molecule has 0 aliphatic rings. The molecule has 0 saturated carbocycles. The van der Waals surface area contributed by atoms with Crippen molar-refractivity contribution in [3.05, 3.63) is 29.8 Å². The normalized spacial score (nSPS) is 15.6. The van der Waals surface area contributed by atoms with Crippen molar-refractivity contribution in [3.63, 3.8) is 0 Å². The molecule has 0 aliphatic carbocycles. The monoisotopic (exact) mass is 368 g/mol. The number of hydrogen-bond donors (Lipinski definition) is 1. The van der Waals surface area contributed by atoms with Gasteiger partial charge in [0.15, 0.2) is 0 Å². The molecule has 0 saturated heterocycles. The van der Waals surface area contributed by atoms with Crippen molar-refractivity contribution in [2.75, 3.05) is 13.6 Å². The van der Waals surface area contributed by atoms with E-state index in [9.17, 15) is 8.42 Å². The zero-order valence-electron chi connectivity index (χ0n) is 16.9. The minimum Gasteiger partial charge on any atom is -0.330 e. The highest BCUT2D eigenvalue weighted by Crippen LogP contribution is 2.26. The van der Waals surface area contributed by atoms with Gasteiger partial charge in [-0.05, 0) is 61.3 Å². The number of nitrogens with zero attached hydrogens (tertiary/aromatic N) is 1. The molecule has 0 radical (unpaired) electrons. The summed E-state index contributed by atoms with van der Waals surface area (Å²) in [5.74, 6) is 0.952. The molecule has 1 aromatic carbocycles. The molecule has 2 atom stereocenters. The minimum atomic E-state index is -3.47. The average molecular weight is 369 g/mol. The maximum absolute atomic E-state index is 12.9. The summed E-state index contributed by atoms with van der Waals surface area (Å²) < 4.78 is 27.3. The molecule has 5 heteroatoms. The number of benzene rings is 1. The molecule has 1 aromatic rings. The lowest BCUT2D eigenvalue weighted by Crippen LogP contribution is -2.36. The van der Waals surface area contributed by atoms with Crippen LogP contribution in [0.5, 0.6) is 0 Å². The second-order valence-electron chi connectivity index (χ2n) is 8.46. The Labute approximate surface area is 154 Å². The molecule has 0 amide bonds. The molecule has 0 heterocycles. The molecular weight excluding hydrogens is 332 g/mol. The first-order valence-corrected chi connectivity index (χ1v) is 10.6. The first-order chi connectivity index (χ1) is 11.4. The molecule has 0 aromatic heterocycles. The van der Waals surface area contributed by atoms with Gasteiger partial charge in [0.05, 0.1) is 4.90 Å². The Morgan fingerprint density at radius 1 is 1.04 bits per heavy atom. The van der Waals surface area contributed by atoms with Crippen LogP contribution in [0.2, 0.25) is 0 Å². The third kappa shape index (κ3) is 5.80. The Balaban J connectivity index is 2.86. The van der Waals surface area contributed by atoms with E-state index < -0.39 is 10.0 Å². The van der Waals surface area contributed by atoms with Crippen molar-refractivity contribution in [1.82, 2.24) is 4.31 Å². The van der Waals surface area contributed by atoms with E-state index in [1.54, 1.807) is 19.2 Å². The Kier molecular flexibility index (Phi) is 7.66. The van der Waals surface area contributed by atoms with Crippen LogP contribution in [0.25, 0.3) is 0 Å². The molecule has 0 aliphatic heterocycles. The fourth-order valence-corrected chi connectivity index (χ4v) is 4.28. The SMILES string of the molecule is CC(C)[C@H](CN)CC[C@H](C)N(C)S(=O)(=O)c1ccc(C(C)(C)C)cc1. The first-order valence-electron chi connectivity index (χ1n) is 9.20. The smallest absolute Gasteiger partial charge is 0.243 e. The van der Waals surface area contributed by atoms with Gasteiger partial charge < -0.3 is 5.73 Å². The standard InChI is InChI=1S/C20H36N2O2S/c1-15(2)17(14-21)9-8-16(3)22(7)25(23,24)19-12-10-18(11-13-19)20(4,5)6/h10-13,15-17H,8-9,14,21H2,1-7H3/t16-,17-/m0/s1. The second-order valence-corrected chi connectivity index (χ2v) is 10.5. The highest BCUT2D eigenvalue weighted by Gasteiger charge is 2.26. The molecule has 0 unspecified atom stereocenters. The third-order valence-corrected chi connectivity index (χ3v) is 7.20. The van der Waals surface area contributed by atoms with Gasteiger partial charge in [-0.3, -0.25) is 0 Å². The van der Waals surface area contributed by atoms with Crippen LogP contribution in [-0.4, -0.2) is 32.4 Å². The van der Waals surface area contributed by atoms with E-state index >= 15 is 0 Å². The number of rotatable bonds is 8. The fourth-order valence-electron chi connectivity index (χ4n) is 2.89. The lowest BCUT2D eigenvalue weighted by atomic mass is 9.87. The van der Waals surface area contributed by atoms with Crippen molar-refractivity contribution in [1.29, 1.82) is 0 Å². The van der Waals surface area contributed by atoms with Crippen LogP contribution >= 0.6 is 0 Å². The van der Waals surface area contributed by atoms with Crippen LogP contribution in [0.4, 0.5) is 0 Å². The van der Waals surface area contributed by atoms with Gasteiger partial charge in [0.2, 0.25) is 10.0 Å². The van der Waals surface area contributed by atoms with Crippen molar-refractivity contribution in [2.24, 2.45) is 17.6 Å². The molecule has 2 N–H and O–H groups in total. The van der Waals surface area contributed by atoms with E-state index in [-0.39, 0.29) is 11.5 Å². The lowest BCUT2D eigenvalue weighted by molar-refractivity contribution is 0.303. The van der Waals surface area contributed by atoms with Gasteiger partial charge >= 0.3 is 0 Å². The predicted octanol–water partition coefficient (Wildman–Crippen LogP) is 4.00. The van der Waals surface area contributed by atoms with E-state index in [2.05, 4.69) is 34.6 Å². The van der Waals surface area contributed by atoms with Crippen LogP contribution in [0, 0.1) is 11.8 Å². The molecule has 0 bridgehead atoms. The Morgan fingerprint density at radius 3 is 1.96 bits per heavy atom. The van der Waals surface area contributed by atoms with E-state index in [1.165, 1.54) is 4.31 Å². The molecule has 0 spiro atoms. The second kappa shape index (κ2) is 8.65. The maximum atomic E-state index is 12.9. The summed E-state index contributed by atoms with van der Waals surface area (Å²) in [6.07, 6.45) is 1.76. The van der Waals surface area contributed by atoms with Crippen LogP contribution in [0.15, 0.2) is 29.2 Å². The van der Waals surface area contributed by atoms with Crippen molar-refractivity contribution in [2.45, 2.75) is 70.7 Å². The summed E-state index contributed by atoms with van der Waals surface area (Å²) >= 11 is 0. The van der Waals surface area contributed by atoms with Crippen LogP contribution < -0.4 is 5.73 Å². The molecule has 4 nitrogen and oxygen atoms in total. The quantitative estimate of drug-likeness (QED) is 0.754. The number of nitrogens with two attached hydrogens (primary N) is 1. The summed E-state index contributed by atoms with van der Waals surface area (Å²) in [5, 5.41) is 0. The lowest BCUT2D eigenvalue weighted by Gasteiger charge is -2.27. The van der Waals surface area contributed by atoms with E-state index in [0.29, 0.717) is 23.3 Å². The Morgan fingerprint density at radius 2 is 1.56 bits per heavy atom. The number of sulfonamides is 1. The largest absolute Gasteiger partial charge is 0.330 e. The van der Waals surface area contributed by atoms with E-state index in [4.69, 9.17) is 5.73 Å². The van der Waals surface area contributed by atoms with Gasteiger partial charge in [-0.2, -0.15) is 4.31 Å². The van der Waals surface area contributed by atoms with E-state index in [1.807, 2.05) is 19.1 Å². The zero-order chi connectivity index (χ0) is 19.4. The Bertz CT molecular complexity index is 631. The molecule has 25 heavy (non-hydrogen) atoms. The van der Waals surface area contributed by atoms with E-state index in [0.717, 1.165) is 18.4 Å².